The lowest BCUT2D eigenvalue weighted by molar-refractivity contribution is -0.132. The molecular formula is C9H16N2O2. The van der Waals surface area contributed by atoms with E-state index in [1.165, 1.54) is 0 Å². The van der Waals surface area contributed by atoms with Gasteiger partial charge in [0.25, 0.3) is 0 Å². The Balaban J connectivity index is 1.96. The molecule has 1 amide bonds. The summed E-state index contributed by atoms with van der Waals surface area (Å²) in [5, 5.41) is 0. The lowest BCUT2D eigenvalue weighted by Gasteiger charge is -2.31. The maximum absolute atomic E-state index is 11.6. The van der Waals surface area contributed by atoms with Gasteiger partial charge in [-0.25, -0.2) is 0 Å². The Morgan fingerprint density at radius 1 is 1.31 bits per heavy atom. The summed E-state index contributed by atoms with van der Waals surface area (Å²) in [5.74, 6) is 0.131. The number of nitrogens with two attached hydrogens (primary N) is 1. The van der Waals surface area contributed by atoms with Crippen LogP contribution in [0.1, 0.15) is 19.3 Å². The summed E-state index contributed by atoms with van der Waals surface area (Å²) >= 11 is 0. The number of hydrogen-bond acceptors (Lipinski definition) is 3. The van der Waals surface area contributed by atoms with Crippen LogP contribution in [0.15, 0.2) is 0 Å². The van der Waals surface area contributed by atoms with Crippen molar-refractivity contribution in [1.82, 2.24) is 4.90 Å². The van der Waals surface area contributed by atoms with Crippen LogP contribution in [-0.4, -0.2) is 42.6 Å². The van der Waals surface area contributed by atoms with E-state index in [-0.39, 0.29) is 11.9 Å². The number of likely N-dealkylation sites (tertiary alicyclic amines) is 1. The van der Waals surface area contributed by atoms with Crippen LogP contribution in [0.2, 0.25) is 0 Å². The fraction of sp³-hybridized carbons (Fsp3) is 0.889. The van der Waals surface area contributed by atoms with Gasteiger partial charge in [-0.15, -0.1) is 0 Å². The summed E-state index contributed by atoms with van der Waals surface area (Å²) < 4.78 is 5.25. The Morgan fingerprint density at radius 3 is 2.54 bits per heavy atom. The van der Waals surface area contributed by atoms with Crippen LogP contribution >= 0.6 is 0 Å². The Labute approximate surface area is 78.0 Å². The SMILES string of the molecule is NC1CCN(C2CCOCC2)C1=O. The predicted octanol–water partition coefficient (Wildman–Crippen LogP) is -0.275. The summed E-state index contributed by atoms with van der Waals surface area (Å²) in [6, 6.07) is 0.137. The highest BCUT2D eigenvalue weighted by molar-refractivity contribution is 5.84. The van der Waals surface area contributed by atoms with Crippen LogP contribution in [0, 0.1) is 0 Å². The molecule has 1 atom stereocenters. The Morgan fingerprint density at radius 2 is 2.00 bits per heavy atom. The summed E-state index contributed by atoms with van der Waals surface area (Å²) in [4.78, 5) is 13.5. The highest BCUT2D eigenvalue weighted by Gasteiger charge is 2.34. The summed E-state index contributed by atoms with van der Waals surface area (Å²) in [5.41, 5.74) is 5.65. The molecule has 0 aromatic carbocycles. The van der Waals surface area contributed by atoms with Crippen molar-refractivity contribution < 1.29 is 9.53 Å². The highest BCUT2D eigenvalue weighted by atomic mass is 16.5. The molecule has 2 aliphatic heterocycles. The zero-order valence-electron chi connectivity index (χ0n) is 7.74. The van der Waals surface area contributed by atoms with Crippen LogP contribution < -0.4 is 5.73 Å². The predicted molar refractivity (Wildman–Crippen MR) is 48.1 cm³/mol. The second kappa shape index (κ2) is 3.64. The first-order valence-electron chi connectivity index (χ1n) is 4.93. The van der Waals surface area contributed by atoms with Gasteiger partial charge in [-0.05, 0) is 19.3 Å². The molecule has 2 fully saturated rings. The molecule has 0 bridgehead atoms. The van der Waals surface area contributed by atoms with Gasteiger partial charge in [0.2, 0.25) is 5.91 Å². The minimum atomic E-state index is -0.247. The maximum Gasteiger partial charge on any atom is 0.239 e. The molecule has 2 rings (SSSR count). The number of nitrogens with zero attached hydrogens (tertiary/aromatic N) is 1. The molecule has 0 radical (unpaired) electrons. The molecule has 74 valence electrons. The lowest BCUT2D eigenvalue weighted by Crippen LogP contribution is -2.43. The fourth-order valence-electron chi connectivity index (χ4n) is 2.08. The molecule has 2 heterocycles. The van der Waals surface area contributed by atoms with Crippen LogP contribution in [0.3, 0.4) is 0 Å². The zero-order chi connectivity index (χ0) is 9.26. The van der Waals surface area contributed by atoms with Crippen molar-refractivity contribution in [2.24, 2.45) is 5.73 Å². The van der Waals surface area contributed by atoms with E-state index >= 15 is 0 Å². The van der Waals surface area contributed by atoms with Crippen molar-refractivity contribution in [2.75, 3.05) is 19.8 Å². The summed E-state index contributed by atoms with van der Waals surface area (Å²) in [7, 11) is 0. The number of amides is 1. The average molecular weight is 184 g/mol. The van der Waals surface area contributed by atoms with Gasteiger partial charge in [0.15, 0.2) is 0 Å². The second-order valence-corrected chi connectivity index (χ2v) is 3.77. The first-order valence-corrected chi connectivity index (χ1v) is 4.93. The molecule has 0 spiro atoms. The van der Waals surface area contributed by atoms with E-state index in [0.717, 1.165) is 39.0 Å². The molecule has 0 saturated carbocycles. The molecule has 4 heteroatoms. The van der Waals surface area contributed by atoms with Crippen LogP contribution in [-0.2, 0) is 9.53 Å². The minimum absolute atomic E-state index is 0.131. The Bertz CT molecular complexity index is 202. The van der Waals surface area contributed by atoms with Gasteiger partial charge >= 0.3 is 0 Å². The van der Waals surface area contributed by atoms with Crippen LogP contribution in [0.4, 0.5) is 0 Å². The third-order valence-electron chi connectivity index (χ3n) is 2.91. The number of rotatable bonds is 1. The highest BCUT2D eigenvalue weighted by Crippen LogP contribution is 2.20. The second-order valence-electron chi connectivity index (χ2n) is 3.77. The fourth-order valence-corrected chi connectivity index (χ4v) is 2.08. The van der Waals surface area contributed by atoms with Gasteiger partial charge in [-0.3, -0.25) is 4.79 Å². The normalized spacial score (nSPS) is 31.3. The Hall–Kier alpha value is -0.610. The van der Waals surface area contributed by atoms with E-state index in [4.69, 9.17) is 10.5 Å². The van der Waals surface area contributed by atoms with Crippen LogP contribution in [0.5, 0.6) is 0 Å². The standard InChI is InChI=1S/C9H16N2O2/c10-8-1-4-11(9(8)12)7-2-5-13-6-3-7/h7-8H,1-6,10H2. The van der Waals surface area contributed by atoms with Crippen molar-refractivity contribution in [1.29, 1.82) is 0 Å². The third kappa shape index (κ3) is 1.69. The topological polar surface area (TPSA) is 55.6 Å². The van der Waals surface area contributed by atoms with Gasteiger partial charge in [0.1, 0.15) is 0 Å². The van der Waals surface area contributed by atoms with E-state index < -0.39 is 0 Å². The monoisotopic (exact) mass is 184 g/mol. The van der Waals surface area contributed by atoms with E-state index in [2.05, 4.69) is 0 Å². The summed E-state index contributed by atoms with van der Waals surface area (Å²) in [6.07, 6.45) is 2.76. The Kier molecular flexibility index (Phi) is 2.51. The van der Waals surface area contributed by atoms with Crippen molar-refractivity contribution in [2.45, 2.75) is 31.3 Å². The molecule has 2 saturated heterocycles. The number of carbonyl (C=O) groups excluding carboxylic acids is 1. The quantitative estimate of drug-likeness (QED) is 0.610. The zero-order valence-corrected chi connectivity index (χ0v) is 7.74. The molecule has 2 aliphatic rings. The molecule has 1 unspecified atom stereocenters. The van der Waals surface area contributed by atoms with Gasteiger partial charge in [0, 0.05) is 25.8 Å². The molecule has 4 nitrogen and oxygen atoms in total. The molecule has 0 aliphatic carbocycles. The minimum Gasteiger partial charge on any atom is -0.381 e. The molecule has 2 N–H and O–H groups in total. The number of carbonyl (C=O) groups is 1. The molecular weight excluding hydrogens is 168 g/mol. The lowest BCUT2D eigenvalue weighted by atomic mass is 10.1. The molecule has 13 heavy (non-hydrogen) atoms. The number of hydrogen-bond donors (Lipinski definition) is 1. The van der Waals surface area contributed by atoms with Crippen LogP contribution in [0.25, 0.3) is 0 Å². The van der Waals surface area contributed by atoms with E-state index in [9.17, 15) is 4.79 Å². The molecule has 0 aromatic rings. The first-order chi connectivity index (χ1) is 6.29. The van der Waals surface area contributed by atoms with Crippen molar-refractivity contribution >= 4 is 5.91 Å². The van der Waals surface area contributed by atoms with Gasteiger partial charge in [-0.2, -0.15) is 0 Å². The van der Waals surface area contributed by atoms with Gasteiger partial charge < -0.3 is 15.4 Å². The van der Waals surface area contributed by atoms with Gasteiger partial charge in [0.05, 0.1) is 6.04 Å². The summed E-state index contributed by atoms with van der Waals surface area (Å²) in [6.45, 7) is 2.40. The average Bonchev–Trinajstić information content (AvgIpc) is 2.49. The van der Waals surface area contributed by atoms with Crippen molar-refractivity contribution in [3.8, 4) is 0 Å². The van der Waals surface area contributed by atoms with E-state index in [0.29, 0.717) is 6.04 Å². The smallest absolute Gasteiger partial charge is 0.239 e. The van der Waals surface area contributed by atoms with E-state index in [1.807, 2.05) is 4.90 Å². The molecule has 0 aromatic heterocycles. The number of ether oxygens (including phenoxy) is 1. The largest absolute Gasteiger partial charge is 0.381 e. The maximum atomic E-state index is 11.6. The van der Waals surface area contributed by atoms with E-state index in [1.54, 1.807) is 0 Å². The van der Waals surface area contributed by atoms with Crippen molar-refractivity contribution in [3.05, 3.63) is 0 Å². The first kappa shape index (κ1) is 8.97. The third-order valence-corrected chi connectivity index (χ3v) is 2.91. The van der Waals surface area contributed by atoms with Crippen molar-refractivity contribution in [3.63, 3.8) is 0 Å². The van der Waals surface area contributed by atoms with Gasteiger partial charge in [-0.1, -0.05) is 0 Å².